The van der Waals surface area contributed by atoms with E-state index in [1.54, 1.807) is 0 Å². The largest absolute Gasteiger partial charge is 0.347 e. The summed E-state index contributed by atoms with van der Waals surface area (Å²) in [6.45, 7) is 1.14. The third kappa shape index (κ3) is 1.42. The zero-order chi connectivity index (χ0) is 9.54. The molecule has 0 atom stereocenters. The first kappa shape index (κ1) is 8.37. The van der Waals surface area contributed by atoms with Crippen LogP contribution < -0.4 is 0 Å². The van der Waals surface area contributed by atoms with Crippen LogP contribution in [-0.4, -0.2) is 4.57 Å². The first-order chi connectivity index (χ1) is 6.83. The SMILES string of the molecule is Clc1ccc2c([c]cn2CC2CC2)c1. The van der Waals surface area contributed by atoms with E-state index in [9.17, 15) is 0 Å². The average molecular weight is 205 g/mol. The van der Waals surface area contributed by atoms with Crippen LogP contribution in [-0.2, 0) is 6.54 Å². The lowest BCUT2D eigenvalue weighted by Gasteiger charge is -2.03. The fraction of sp³-hybridized carbons (Fsp3) is 0.333. The zero-order valence-electron chi connectivity index (χ0n) is 7.83. The minimum absolute atomic E-state index is 0.790. The van der Waals surface area contributed by atoms with Crippen LogP contribution in [0.15, 0.2) is 24.4 Å². The second-order valence-corrected chi connectivity index (χ2v) is 4.47. The van der Waals surface area contributed by atoms with Gasteiger partial charge >= 0.3 is 0 Å². The van der Waals surface area contributed by atoms with Crippen LogP contribution in [0.3, 0.4) is 0 Å². The van der Waals surface area contributed by atoms with Crippen molar-refractivity contribution in [3.63, 3.8) is 0 Å². The molecule has 0 aliphatic heterocycles. The molecule has 1 aromatic carbocycles. The van der Waals surface area contributed by atoms with E-state index in [-0.39, 0.29) is 0 Å². The highest BCUT2D eigenvalue weighted by atomic mass is 35.5. The third-order valence-corrected chi connectivity index (χ3v) is 3.03. The van der Waals surface area contributed by atoms with Crippen molar-refractivity contribution < 1.29 is 0 Å². The number of aromatic nitrogens is 1. The van der Waals surface area contributed by atoms with Gasteiger partial charge in [-0.15, -0.1) is 0 Å². The second kappa shape index (κ2) is 3.03. The Hall–Kier alpha value is -0.950. The molecule has 14 heavy (non-hydrogen) atoms. The summed E-state index contributed by atoms with van der Waals surface area (Å²) < 4.78 is 2.28. The molecule has 0 spiro atoms. The summed E-state index contributed by atoms with van der Waals surface area (Å²) in [5.74, 6) is 0.898. The van der Waals surface area contributed by atoms with E-state index < -0.39 is 0 Å². The molecular formula is C12H11ClN. The molecule has 1 nitrogen and oxygen atoms in total. The fourth-order valence-corrected chi connectivity index (χ4v) is 1.99. The minimum atomic E-state index is 0.790. The van der Waals surface area contributed by atoms with Crippen molar-refractivity contribution in [3.05, 3.63) is 35.5 Å². The summed E-state index contributed by atoms with van der Waals surface area (Å²) in [6.07, 6.45) is 4.81. The predicted octanol–water partition coefficient (Wildman–Crippen LogP) is 3.50. The lowest BCUT2D eigenvalue weighted by Crippen LogP contribution is -1.96. The van der Waals surface area contributed by atoms with Crippen molar-refractivity contribution in [1.82, 2.24) is 4.57 Å². The van der Waals surface area contributed by atoms with Crippen molar-refractivity contribution in [2.45, 2.75) is 19.4 Å². The number of nitrogens with zero attached hydrogens (tertiary/aromatic N) is 1. The van der Waals surface area contributed by atoms with Gasteiger partial charge in [0.15, 0.2) is 0 Å². The maximum atomic E-state index is 5.92. The summed E-state index contributed by atoms with van der Waals surface area (Å²) in [5, 5.41) is 1.91. The van der Waals surface area contributed by atoms with Crippen molar-refractivity contribution in [2.24, 2.45) is 5.92 Å². The fourth-order valence-electron chi connectivity index (χ4n) is 1.82. The zero-order valence-corrected chi connectivity index (χ0v) is 8.59. The number of hydrogen-bond donors (Lipinski definition) is 0. The molecule has 2 aromatic rings. The van der Waals surface area contributed by atoms with Crippen LogP contribution in [0.1, 0.15) is 12.8 Å². The Labute approximate surface area is 88.3 Å². The van der Waals surface area contributed by atoms with E-state index in [2.05, 4.69) is 16.7 Å². The molecule has 1 heterocycles. The number of benzene rings is 1. The number of hydrogen-bond acceptors (Lipinski definition) is 0. The van der Waals surface area contributed by atoms with Gasteiger partial charge in [-0.3, -0.25) is 0 Å². The highest BCUT2D eigenvalue weighted by Gasteiger charge is 2.21. The van der Waals surface area contributed by atoms with Crippen LogP contribution in [0.2, 0.25) is 5.02 Å². The lowest BCUT2D eigenvalue weighted by molar-refractivity contribution is 0.647. The van der Waals surface area contributed by atoms with Crippen LogP contribution in [0, 0.1) is 12.0 Å². The second-order valence-electron chi connectivity index (χ2n) is 4.03. The Kier molecular flexibility index (Phi) is 1.81. The van der Waals surface area contributed by atoms with E-state index in [1.807, 2.05) is 18.3 Å². The van der Waals surface area contributed by atoms with Crippen LogP contribution in [0.25, 0.3) is 10.9 Å². The summed E-state index contributed by atoms with van der Waals surface area (Å²) in [4.78, 5) is 0. The molecule has 1 saturated carbocycles. The predicted molar refractivity (Wildman–Crippen MR) is 58.5 cm³/mol. The molecule has 1 aliphatic rings. The van der Waals surface area contributed by atoms with Crippen LogP contribution in [0.5, 0.6) is 0 Å². The number of fused-ring (bicyclic) bond motifs is 1. The molecule has 71 valence electrons. The maximum Gasteiger partial charge on any atom is 0.0487 e. The van der Waals surface area contributed by atoms with Crippen molar-refractivity contribution in [3.8, 4) is 0 Å². The Balaban J connectivity index is 2.06. The van der Waals surface area contributed by atoms with Crippen LogP contribution >= 0.6 is 11.6 Å². The number of rotatable bonds is 2. The minimum Gasteiger partial charge on any atom is -0.347 e. The van der Waals surface area contributed by atoms with Crippen LogP contribution in [0.4, 0.5) is 0 Å². The molecule has 1 aliphatic carbocycles. The first-order valence-corrected chi connectivity index (χ1v) is 5.37. The number of halogens is 1. The highest BCUT2D eigenvalue weighted by molar-refractivity contribution is 6.31. The third-order valence-electron chi connectivity index (χ3n) is 2.80. The van der Waals surface area contributed by atoms with E-state index >= 15 is 0 Å². The van der Waals surface area contributed by atoms with Gasteiger partial charge in [-0.25, -0.2) is 0 Å². The van der Waals surface area contributed by atoms with Crippen molar-refractivity contribution in [2.75, 3.05) is 0 Å². The Morgan fingerprint density at radius 3 is 3.07 bits per heavy atom. The summed E-state index contributed by atoms with van der Waals surface area (Å²) in [5.41, 5.74) is 1.25. The quantitative estimate of drug-likeness (QED) is 0.706. The van der Waals surface area contributed by atoms with E-state index in [4.69, 9.17) is 11.6 Å². The maximum absolute atomic E-state index is 5.92. The normalized spacial score (nSPS) is 16.4. The highest BCUT2D eigenvalue weighted by Crippen LogP contribution is 2.32. The molecule has 3 rings (SSSR count). The van der Waals surface area contributed by atoms with Gasteiger partial charge in [-0.1, -0.05) is 11.6 Å². The first-order valence-electron chi connectivity index (χ1n) is 4.99. The standard InChI is InChI=1S/C12H11ClN/c13-11-3-4-12-10(7-11)5-6-14(12)8-9-1-2-9/h3-4,6-7,9H,1-2,8H2. The molecule has 0 saturated heterocycles. The summed E-state index contributed by atoms with van der Waals surface area (Å²) >= 11 is 5.92. The van der Waals surface area contributed by atoms with Gasteiger partial charge in [0.25, 0.3) is 0 Å². The van der Waals surface area contributed by atoms with Crippen molar-refractivity contribution >= 4 is 22.5 Å². The molecule has 0 amide bonds. The molecule has 0 unspecified atom stereocenters. The summed E-state index contributed by atoms with van der Waals surface area (Å²) in [6, 6.07) is 9.24. The van der Waals surface area contributed by atoms with E-state index in [0.29, 0.717) is 0 Å². The smallest absolute Gasteiger partial charge is 0.0487 e. The monoisotopic (exact) mass is 204 g/mol. The van der Waals surface area contributed by atoms with Gasteiger partial charge in [0, 0.05) is 34.7 Å². The molecule has 1 fully saturated rings. The molecule has 0 N–H and O–H groups in total. The average Bonchev–Trinajstić information content (AvgIpc) is 2.89. The lowest BCUT2D eigenvalue weighted by atomic mass is 10.2. The summed E-state index contributed by atoms with van der Waals surface area (Å²) in [7, 11) is 0. The molecule has 0 bridgehead atoms. The topological polar surface area (TPSA) is 4.93 Å². The van der Waals surface area contributed by atoms with Gasteiger partial charge in [-0.2, -0.15) is 0 Å². The van der Waals surface area contributed by atoms with E-state index in [0.717, 1.165) is 22.9 Å². The van der Waals surface area contributed by atoms with Gasteiger partial charge in [0.1, 0.15) is 0 Å². The molecule has 2 heteroatoms. The van der Waals surface area contributed by atoms with Gasteiger partial charge < -0.3 is 4.57 Å². The Morgan fingerprint density at radius 1 is 1.43 bits per heavy atom. The van der Waals surface area contributed by atoms with E-state index in [1.165, 1.54) is 18.4 Å². The molecule has 1 radical (unpaired) electrons. The van der Waals surface area contributed by atoms with Gasteiger partial charge in [-0.05, 0) is 37.0 Å². The molecule has 1 aromatic heterocycles. The Morgan fingerprint density at radius 2 is 2.29 bits per heavy atom. The van der Waals surface area contributed by atoms with Gasteiger partial charge in [0.05, 0.1) is 0 Å². The van der Waals surface area contributed by atoms with Gasteiger partial charge in [0.2, 0.25) is 0 Å². The Bertz CT molecular complexity index is 468. The van der Waals surface area contributed by atoms with Crippen molar-refractivity contribution in [1.29, 1.82) is 0 Å². The molecular weight excluding hydrogens is 194 g/mol.